The molecule has 4 nitrogen and oxygen atoms in total. The Morgan fingerprint density at radius 1 is 1.53 bits per heavy atom. The summed E-state index contributed by atoms with van der Waals surface area (Å²) in [5, 5.41) is 8.87. The van der Waals surface area contributed by atoms with Gasteiger partial charge in [0.2, 0.25) is 0 Å². The maximum absolute atomic E-state index is 8.87. The first-order chi connectivity index (χ1) is 7.15. The van der Waals surface area contributed by atoms with Gasteiger partial charge in [0, 0.05) is 6.61 Å². The summed E-state index contributed by atoms with van der Waals surface area (Å²) in [5.41, 5.74) is 0. The van der Waals surface area contributed by atoms with E-state index in [9.17, 15) is 0 Å². The zero-order chi connectivity index (χ0) is 10.9. The van der Waals surface area contributed by atoms with E-state index in [2.05, 4.69) is 11.9 Å². The molecule has 0 aliphatic carbocycles. The number of likely N-dealkylation sites (N-methyl/N-ethyl adjacent to an activating group) is 1. The van der Waals surface area contributed by atoms with Crippen LogP contribution in [0.2, 0.25) is 0 Å². The van der Waals surface area contributed by atoms with Gasteiger partial charge in [0.15, 0.2) is 5.79 Å². The number of likely N-dealkylation sites (tertiary alicyclic amines) is 1. The molecule has 2 fully saturated rings. The lowest BCUT2D eigenvalue weighted by atomic mass is 10.1. The third kappa shape index (κ3) is 2.18. The third-order valence-corrected chi connectivity index (χ3v) is 3.53. The molecule has 0 radical (unpaired) electrons. The second-order valence-corrected chi connectivity index (χ2v) is 4.72. The molecule has 1 N–H and O–H groups in total. The topological polar surface area (TPSA) is 41.9 Å². The number of aliphatic hydroxyl groups excluding tert-OH is 1. The van der Waals surface area contributed by atoms with Gasteiger partial charge in [-0.2, -0.15) is 0 Å². The lowest BCUT2D eigenvalue weighted by molar-refractivity contribution is -0.190. The van der Waals surface area contributed by atoms with Crippen LogP contribution in [0.3, 0.4) is 0 Å². The Hall–Kier alpha value is -0.160. The highest BCUT2D eigenvalue weighted by atomic mass is 16.7. The summed E-state index contributed by atoms with van der Waals surface area (Å²) in [6.45, 7) is 3.93. The Morgan fingerprint density at radius 3 is 2.93 bits per heavy atom. The van der Waals surface area contributed by atoms with E-state index in [0.29, 0.717) is 19.1 Å². The van der Waals surface area contributed by atoms with Crippen molar-refractivity contribution in [3.63, 3.8) is 0 Å². The number of aliphatic hydroxyl groups is 1. The third-order valence-electron chi connectivity index (χ3n) is 3.53. The molecule has 0 bridgehead atoms. The Balaban J connectivity index is 1.96. The summed E-state index contributed by atoms with van der Waals surface area (Å²) >= 11 is 0. The molecule has 2 aliphatic heterocycles. The molecule has 0 amide bonds. The van der Waals surface area contributed by atoms with Gasteiger partial charge in [0.05, 0.1) is 18.8 Å². The van der Waals surface area contributed by atoms with E-state index in [4.69, 9.17) is 14.6 Å². The number of nitrogens with zero attached hydrogens (tertiary/aromatic N) is 1. The quantitative estimate of drug-likeness (QED) is 0.748. The maximum Gasteiger partial charge on any atom is 0.181 e. The van der Waals surface area contributed by atoms with Crippen LogP contribution >= 0.6 is 0 Å². The molecule has 88 valence electrons. The minimum Gasteiger partial charge on any atom is -0.396 e. The molecule has 0 aromatic carbocycles. The summed E-state index contributed by atoms with van der Waals surface area (Å²) in [5.74, 6) is -0.467. The highest BCUT2D eigenvalue weighted by Gasteiger charge is 2.46. The van der Waals surface area contributed by atoms with Gasteiger partial charge < -0.3 is 14.6 Å². The second-order valence-electron chi connectivity index (χ2n) is 4.72. The van der Waals surface area contributed by atoms with Crippen LogP contribution in [0.1, 0.15) is 26.2 Å². The molecule has 2 aliphatic rings. The van der Waals surface area contributed by atoms with Crippen molar-refractivity contribution in [1.82, 2.24) is 4.90 Å². The average molecular weight is 215 g/mol. The fourth-order valence-electron chi connectivity index (χ4n) is 2.69. The highest BCUT2D eigenvalue weighted by molar-refractivity contribution is 4.91. The van der Waals surface area contributed by atoms with Gasteiger partial charge in [-0.25, -0.2) is 0 Å². The molecule has 0 aromatic heterocycles. The van der Waals surface area contributed by atoms with Crippen LogP contribution in [0.4, 0.5) is 0 Å². The van der Waals surface area contributed by atoms with Gasteiger partial charge in [-0.3, -0.25) is 4.90 Å². The molecule has 3 unspecified atom stereocenters. The predicted molar refractivity (Wildman–Crippen MR) is 56.6 cm³/mol. The Labute approximate surface area is 91.2 Å². The van der Waals surface area contributed by atoms with Crippen molar-refractivity contribution in [3.05, 3.63) is 0 Å². The molecule has 3 atom stereocenters. The minimum absolute atomic E-state index is 0.0639. The van der Waals surface area contributed by atoms with Crippen LogP contribution in [0.5, 0.6) is 0 Å². The van der Waals surface area contributed by atoms with Gasteiger partial charge >= 0.3 is 0 Å². The van der Waals surface area contributed by atoms with Crippen LogP contribution in [0.15, 0.2) is 0 Å². The first-order valence-electron chi connectivity index (χ1n) is 5.78. The van der Waals surface area contributed by atoms with E-state index in [1.807, 2.05) is 6.92 Å². The number of hydrogen-bond acceptors (Lipinski definition) is 4. The zero-order valence-corrected chi connectivity index (χ0v) is 9.61. The molecular weight excluding hydrogens is 194 g/mol. The first-order valence-corrected chi connectivity index (χ1v) is 5.78. The van der Waals surface area contributed by atoms with Crippen LogP contribution in [0.25, 0.3) is 0 Å². The monoisotopic (exact) mass is 215 g/mol. The molecule has 15 heavy (non-hydrogen) atoms. The van der Waals surface area contributed by atoms with Gasteiger partial charge in [-0.05, 0) is 39.8 Å². The van der Waals surface area contributed by atoms with Crippen molar-refractivity contribution < 1.29 is 14.6 Å². The van der Waals surface area contributed by atoms with Crippen molar-refractivity contribution in [2.45, 2.75) is 44.1 Å². The van der Waals surface area contributed by atoms with Crippen molar-refractivity contribution in [1.29, 1.82) is 0 Å². The number of hydrogen-bond donors (Lipinski definition) is 1. The van der Waals surface area contributed by atoms with Crippen LogP contribution < -0.4 is 0 Å². The largest absolute Gasteiger partial charge is 0.396 e. The fraction of sp³-hybridized carbons (Fsp3) is 1.00. The SMILES string of the molecule is CN1CCCC1C1(C)OCC(CCO)O1. The normalized spacial score (nSPS) is 42.6. The second kappa shape index (κ2) is 4.37. The van der Waals surface area contributed by atoms with E-state index in [-0.39, 0.29) is 12.7 Å². The summed E-state index contributed by atoms with van der Waals surface area (Å²) in [4.78, 5) is 2.31. The average Bonchev–Trinajstić information content (AvgIpc) is 2.75. The molecule has 2 heterocycles. The van der Waals surface area contributed by atoms with E-state index in [1.165, 1.54) is 6.42 Å². The lowest BCUT2D eigenvalue weighted by Crippen LogP contribution is -2.47. The van der Waals surface area contributed by atoms with Crippen molar-refractivity contribution in [3.8, 4) is 0 Å². The smallest absolute Gasteiger partial charge is 0.181 e. The van der Waals surface area contributed by atoms with E-state index >= 15 is 0 Å². The Morgan fingerprint density at radius 2 is 2.33 bits per heavy atom. The molecule has 4 heteroatoms. The van der Waals surface area contributed by atoms with Gasteiger partial charge in [0.25, 0.3) is 0 Å². The fourth-order valence-corrected chi connectivity index (χ4v) is 2.69. The Kier molecular flexibility index (Phi) is 3.30. The summed E-state index contributed by atoms with van der Waals surface area (Å²) in [6, 6.07) is 0.362. The van der Waals surface area contributed by atoms with Crippen LogP contribution in [-0.4, -0.2) is 54.7 Å². The Bertz CT molecular complexity index is 224. The molecule has 0 spiro atoms. The summed E-state index contributed by atoms with van der Waals surface area (Å²) in [7, 11) is 2.12. The molecule has 0 saturated carbocycles. The zero-order valence-electron chi connectivity index (χ0n) is 9.61. The van der Waals surface area contributed by atoms with E-state index in [1.54, 1.807) is 0 Å². The van der Waals surface area contributed by atoms with Gasteiger partial charge in [0.1, 0.15) is 0 Å². The maximum atomic E-state index is 8.87. The first kappa shape index (κ1) is 11.3. The van der Waals surface area contributed by atoms with E-state index < -0.39 is 5.79 Å². The van der Waals surface area contributed by atoms with Crippen molar-refractivity contribution in [2.24, 2.45) is 0 Å². The minimum atomic E-state index is -0.467. The van der Waals surface area contributed by atoms with Gasteiger partial charge in [-0.1, -0.05) is 0 Å². The highest BCUT2D eigenvalue weighted by Crippen LogP contribution is 2.35. The molecule has 2 rings (SSSR count). The van der Waals surface area contributed by atoms with Crippen LogP contribution in [-0.2, 0) is 9.47 Å². The molecular formula is C11H21NO3. The summed E-state index contributed by atoms with van der Waals surface area (Å²) < 4.78 is 11.7. The predicted octanol–water partition coefficient (Wildman–Crippen LogP) is 0.595. The lowest BCUT2D eigenvalue weighted by Gasteiger charge is -2.34. The number of ether oxygens (including phenoxy) is 2. The standard InChI is InChI=1S/C11H21NO3/c1-11(10-4-3-6-12(10)2)14-8-9(15-11)5-7-13/h9-10,13H,3-8H2,1-2H3. The number of rotatable bonds is 3. The summed E-state index contributed by atoms with van der Waals surface area (Å²) in [6.07, 6.45) is 3.09. The van der Waals surface area contributed by atoms with E-state index in [0.717, 1.165) is 13.0 Å². The molecule has 2 saturated heterocycles. The van der Waals surface area contributed by atoms with Crippen LogP contribution in [0, 0.1) is 0 Å². The van der Waals surface area contributed by atoms with Crippen molar-refractivity contribution >= 4 is 0 Å². The molecule has 0 aromatic rings. The van der Waals surface area contributed by atoms with Gasteiger partial charge in [-0.15, -0.1) is 0 Å². The van der Waals surface area contributed by atoms with Crippen molar-refractivity contribution in [2.75, 3.05) is 26.8 Å².